The van der Waals surface area contributed by atoms with E-state index in [0.29, 0.717) is 10.9 Å². The van der Waals surface area contributed by atoms with Crippen LogP contribution in [0, 0.1) is 11.3 Å². The lowest BCUT2D eigenvalue weighted by Crippen LogP contribution is -2.40. The lowest BCUT2D eigenvalue weighted by Gasteiger charge is -2.36. The predicted molar refractivity (Wildman–Crippen MR) is 62.3 cm³/mol. The third-order valence-corrected chi connectivity index (χ3v) is 4.17. The molecule has 2 N–H and O–H groups in total. The van der Waals surface area contributed by atoms with Crippen LogP contribution in [0.15, 0.2) is 22.2 Å². The smallest absolute Gasteiger partial charge is 0.331 e. The summed E-state index contributed by atoms with van der Waals surface area (Å²) in [7, 11) is 0. The molecule has 4 nitrogen and oxygen atoms in total. The standard InChI is InChI=1S/C11H13BrO4/c1-3-7-6(9(13)14)4-5-8(12)11(7,2)10(15)16/h4-5,7H,3H2,1-2H3,(H,13,14)(H,15,16). The maximum atomic E-state index is 11.3. The van der Waals surface area contributed by atoms with E-state index in [1.165, 1.54) is 12.2 Å². The first-order valence-corrected chi connectivity index (χ1v) is 5.69. The number of carbonyl (C=O) groups is 2. The zero-order valence-electron chi connectivity index (χ0n) is 9.03. The Morgan fingerprint density at radius 2 is 2.00 bits per heavy atom. The van der Waals surface area contributed by atoms with Crippen LogP contribution in [0.4, 0.5) is 0 Å². The normalized spacial score (nSPS) is 29.3. The number of hydrogen-bond donors (Lipinski definition) is 2. The highest BCUT2D eigenvalue weighted by Crippen LogP contribution is 2.47. The lowest BCUT2D eigenvalue weighted by atomic mass is 9.69. The maximum absolute atomic E-state index is 11.3. The maximum Gasteiger partial charge on any atom is 0.331 e. The monoisotopic (exact) mass is 288 g/mol. The minimum atomic E-state index is -1.20. The van der Waals surface area contributed by atoms with Crippen molar-refractivity contribution in [3.05, 3.63) is 22.2 Å². The third kappa shape index (κ3) is 1.80. The second kappa shape index (κ2) is 4.41. The molecule has 2 atom stereocenters. The molecule has 1 aliphatic rings. The van der Waals surface area contributed by atoms with Gasteiger partial charge in [-0.05, 0) is 13.3 Å². The Morgan fingerprint density at radius 3 is 2.38 bits per heavy atom. The van der Waals surface area contributed by atoms with E-state index in [-0.39, 0.29) is 5.57 Å². The van der Waals surface area contributed by atoms with Crippen LogP contribution in [0.3, 0.4) is 0 Å². The summed E-state index contributed by atoms with van der Waals surface area (Å²) in [5, 5.41) is 18.3. The third-order valence-electron chi connectivity index (χ3n) is 3.08. The Bertz CT molecular complexity index is 397. The van der Waals surface area contributed by atoms with Crippen molar-refractivity contribution in [1.82, 2.24) is 0 Å². The fourth-order valence-electron chi connectivity index (χ4n) is 2.03. The fourth-order valence-corrected chi connectivity index (χ4v) is 2.61. The first kappa shape index (κ1) is 13.0. The molecule has 1 aliphatic carbocycles. The van der Waals surface area contributed by atoms with E-state index in [1.807, 2.05) is 0 Å². The number of allylic oxidation sites excluding steroid dienone is 2. The summed E-state index contributed by atoms with van der Waals surface area (Å²) < 4.78 is 0.504. The van der Waals surface area contributed by atoms with Crippen molar-refractivity contribution in [2.75, 3.05) is 0 Å². The van der Waals surface area contributed by atoms with Crippen LogP contribution in [0.5, 0.6) is 0 Å². The van der Waals surface area contributed by atoms with Crippen molar-refractivity contribution in [2.24, 2.45) is 11.3 Å². The molecule has 0 aliphatic heterocycles. The van der Waals surface area contributed by atoms with Gasteiger partial charge in [-0.15, -0.1) is 0 Å². The Balaban J connectivity index is 3.33. The van der Waals surface area contributed by atoms with E-state index >= 15 is 0 Å². The molecule has 0 saturated heterocycles. The highest BCUT2D eigenvalue weighted by molar-refractivity contribution is 9.11. The van der Waals surface area contributed by atoms with E-state index in [2.05, 4.69) is 15.9 Å². The van der Waals surface area contributed by atoms with E-state index in [0.717, 1.165) is 0 Å². The molecule has 0 amide bonds. The molecule has 2 unspecified atom stereocenters. The van der Waals surface area contributed by atoms with Gasteiger partial charge in [-0.3, -0.25) is 4.79 Å². The summed E-state index contributed by atoms with van der Waals surface area (Å²) in [6.07, 6.45) is 3.43. The highest BCUT2D eigenvalue weighted by Gasteiger charge is 2.47. The van der Waals surface area contributed by atoms with Gasteiger partial charge in [-0.1, -0.05) is 35.0 Å². The molecule has 0 heterocycles. The number of aliphatic carboxylic acids is 2. The van der Waals surface area contributed by atoms with Crippen molar-refractivity contribution in [3.63, 3.8) is 0 Å². The number of carboxylic acid groups (broad SMARTS) is 2. The molecule has 0 aromatic heterocycles. The SMILES string of the molecule is CCC1C(C(=O)O)=CC=C(Br)C1(C)C(=O)O. The van der Waals surface area contributed by atoms with Gasteiger partial charge in [0, 0.05) is 16.0 Å². The molecule has 5 heteroatoms. The molecule has 1 rings (SSSR count). The topological polar surface area (TPSA) is 74.6 Å². The Labute approximate surface area is 102 Å². The van der Waals surface area contributed by atoms with Crippen molar-refractivity contribution >= 4 is 27.9 Å². The minimum Gasteiger partial charge on any atom is -0.481 e. The average molecular weight is 289 g/mol. The van der Waals surface area contributed by atoms with E-state index < -0.39 is 23.3 Å². The Morgan fingerprint density at radius 1 is 1.44 bits per heavy atom. The van der Waals surface area contributed by atoms with Crippen LogP contribution in [-0.4, -0.2) is 22.2 Å². The molecule has 0 bridgehead atoms. The number of rotatable bonds is 3. The molecule has 0 aromatic carbocycles. The average Bonchev–Trinajstić information content (AvgIpc) is 2.20. The van der Waals surface area contributed by atoms with Crippen molar-refractivity contribution in [2.45, 2.75) is 20.3 Å². The molecule has 0 fully saturated rings. The summed E-state index contributed by atoms with van der Waals surface area (Å²) in [4.78, 5) is 22.4. The van der Waals surface area contributed by atoms with Crippen LogP contribution in [-0.2, 0) is 9.59 Å². The molecular weight excluding hydrogens is 276 g/mol. The van der Waals surface area contributed by atoms with E-state index in [9.17, 15) is 14.7 Å². The second-order valence-electron chi connectivity index (χ2n) is 3.91. The zero-order chi connectivity index (χ0) is 12.5. The highest BCUT2D eigenvalue weighted by atomic mass is 79.9. The van der Waals surface area contributed by atoms with Crippen LogP contribution >= 0.6 is 15.9 Å². The summed E-state index contributed by atoms with van der Waals surface area (Å²) in [5.74, 6) is -2.60. The van der Waals surface area contributed by atoms with Gasteiger partial charge in [-0.2, -0.15) is 0 Å². The lowest BCUT2D eigenvalue weighted by molar-refractivity contribution is -0.148. The van der Waals surface area contributed by atoms with Crippen LogP contribution in [0.1, 0.15) is 20.3 Å². The van der Waals surface area contributed by atoms with Crippen LogP contribution in [0.25, 0.3) is 0 Å². The molecule has 0 radical (unpaired) electrons. The summed E-state index contributed by atoms with van der Waals surface area (Å²) >= 11 is 3.21. The number of hydrogen-bond acceptors (Lipinski definition) is 2. The Kier molecular flexibility index (Phi) is 3.57. The van der Waals surface area contributed by atoms with E-state index in [1.54, 1.807) is 13.8 Å². The van der Waals surface area contributed by atoms with Gasteiger partial charge in [0.05, 0.1) is 0 Å². The molecule has 88 valence electrons. The number of carboxylic acids is 2. The van der Waals surface area contributed by atoms with Crippen LogP contribution in [0.2, 0.25) is 0 Å². The van der Waals surface area contributed by atoms with Gasteiger partial charge in [-0.25, -0.2) is 4.79 Å². The largest absolute Gasteiger partial charge is 0.481 e. The van der Waals surface area contributed by atoms with Gasteiger partial charge in [0.25, 0.3) is 0 Å². The fraction of sp³-hybridized carbons (Fsp3) is 0.455. The van der Waals surface area contributed by atoms with Gasteiger partial charge < -0.3 is 10.2 Å². The first-order valence-electron chi connectivity index (χ1n) is 4.90. The van der Waals surface area contributed by atoms with Crippen molar-refractivity contribution in [1.29, 1.82) is 0 Å². The van der Waals surface area contributed by atoms with Gasteiger partial charge >= 0.3 is 11.9 Å². The Hall–Kier alpha value is -1.10. The quantitative estimate of drug-likeness (QED) is 0.836. The summed E-state index contributed by atoms with van der Waals surface area (Å²) in [6, 6.07) is 0. The molecule has 0 aromatic rings. The number of halogens is 1. The van der Waals surface area contributed by atoms with Crippen LogP contribution < -0.4 is 0 Å². The van der Waals surface area contributed by atoms with Gasteiger partial charge in [0.2, 0.25) is 0 Å². The second-order valence-corrected chi connectivity index (χ2v) is 4.76. The molecular formula is C11H13BrO4. The minimum absolute atomic E-state index is 0.149. The van der Waals surface area contributed by atoms with Crippen molar-refractivity contribution < 1.29 is 19.8 Å². The molecule has 0 spiro atoms. The summed E-state index contributed by atoms with van der Waals surface area (Å²) in [6.45, 7) is 3.33. The van der Waals surface area contributed by atoms with E-state index in [4.69, 9.17) is 5.11 Å². The summed E-state index contributed by atoms with van der Waals surface area (Å²) in [5.41, 5.74) is -1.05. The predicted octanol–water partition coefficient (Wildman–Crippen LogP) is 2.41. The first-order chi connectivity index (χ1) is 7.35. The zero-order valence-corrected chi connectivity index (χ0v) is 10.6. The molecule has 0 saturated carbocycles. The molecule has 16 heavy (non-hydrogen) atoms. The van der Waals surface area contributed by atoms with Gasteiger partial charge in [0.15, 0.2) is 0 Å². The van der Waals surface area contributed by atoms with Crippen molar-refractivity contribution in [3.8, 4) is 0 Å². The van der Waals surface area contributed by atoms with Gasteiger partial charge in [0.1, 0.15) is 5.41 Å².